The molecule has 118 valence electrons. The average Bonchev–Trinajstić information content (AvgIpc) is 2.54. The Hall–Kier alpha value is -3.53. The van der Waals surface area contributed by atoms with Gasteiger partial charge in [0.25, 0.3) is 17.3 Å². The summed E-state index contributed by atoms with van der Waals surface area (Å²) in [7, 11) is 0. The van der Waals surface area contributed by atoms with Crippen LogP contribution in [0.4, 0.5) is 22.7 Å². The molecule has 0 unspecified atom stereocenters. The lowest BCUT2D eigenvalue weighted by Crippen LogP contribution is -2.20. The summed E-state index contributed by atoms with van der Waals surface area (Å²) in [6.45, 7) is 0. The number of non-ortho nitro benzene ring substituents is 1. The van der Waals surface area contributed by atoms with E-state index in [9.17, 15) is 25.0 Å². The second-order valence-corrected chi connectivity index (χ2v) is 4.33. The van der Waals surface area contributed by atoms with Crippen molar-refractivity contribution in [2.24, 2.45) is 0 Å². The Morgan fingerprint density at radius 2 is 1.70 bits per heavy atom. The minimum absolute atomic E-state index is 0.265. The van der Waals surface area contributed by atoms with Gasteiger partial charge in [-0.2, -0.15) is 0 Å². The van der Waals surface area contributed by atoms with Crippen molar-refractivity contribution in [2.45, 2.75) is 0 Å². The van der Waals surface area contributed by atoms with Gasteiger partial charge in [-0.1, -0.05) is 18.2 Å². The van der Waals surface area contributed by atoms with Crippen molar-refractivity contribution < 1.29 is 19.8 Å². The number of rotatable bonds is 5. The number of hydrogen-bond acceptors (Lipinski definition) is 7. The summed E-state index contributed by atoms with van der Waals surface area (Å²) in [5, 5.41) is 33.5. The zero-order valence-corrected chi connectivity index (χ0v) is 11.4. The predicted molar refractivity (Wildman–Crippen MR) is 78.7 cm³/mol. The van der Waals surface area contributed by atoms with Crippen molar-refractivity contribution in [3.05, 3.63) is 68.3 Å². The van der Waals surface area contributed by atoms with Gasteiger partial charge in [-0.25, -0.2) is 5.48 Å². The van der Waals surface area contributed by atoms with E-state index in [1.165, 1.54) is 5.48 Å². The van der Waals surface area contributed by atoms with Crippen LogP contribution in [0.5, 0.6) is 0 Å². The third kappa shape index (κ3) is 3.39. The number of nitrogens with one attached hydrogen (secondary N) is 2. The zero-order chi connectivity index (χ0) is 17.0. The fourth-order valence-corrected chi connectivity index (χ4v) is 1.90. The van der Waals surface area contributed by atoms with Gasteiger partial charge in [0, 0.05) is 11.8 Å². The average molecular weight is 318 g/mol. The van der Waals surface area contributed by atoms with E-state index < -0.39 is 32.7 Å². The van der Waals surface area contributed by atoms with Crippen LogP contribution in [-0.4, -0.2) is 21.0 Å². The third-order valence-corrected chi connectivity index (χ3v) is 2.90. The van der Waals surface area contributed by atoms with Gasteiger partial charge in [0.15, 0.2) is 0 Å². The topological polar surface area (TPSA) is 148 Å². The highest BCUT2D eigenvalue weighted by Gasteiger charge is 2.27. The first kappa shape index (κ1) is 15.9. The number of nitro benzene ring substituents is 2. The zero-order valence-electron chi connectivity index (χ0n) is 11.4. The standard InChI is InChI=1S/C13H10N4O6/c18-13(15-19)10-6-9(16(20)21)7-11(17(22)23)12(10)14-8-4-2-1-3-5-8/h1-7,14,19H,(H,15,18). The van der Waals surface area contributed by atoms with Crippen molar-refractivity contribution in [2.75, 3.05) is 5.32 Å². The van der Waals surface area contributed by atoms with Crippen LogP contribution in [-0.2, 0) is 0 Å². The monoisotopic (exact) mass is 318 g/mol. The quantitative estimate of drug-likeness (QED) is 0.435. The minimum Gasteiger partial charge on any atom is -0.349 e. The van der Waals surface area contributed by atoms with Gasteiger partial charge in [-0.05, 0) is 12.1 Å². The second kappa shape index (κ2) is 6.49. The maximum atomic E-state index is 11.7. The Balaban J connectivity index is 2.67. The first-order chi connectivity index (χ1) is 10.9. The summed E-state index contributed by atoms with van der Waals surface area (Å²) in [5.74, 6) is -1.12. The molecule has 1 amide bonds. The molecule has 0 aliphatic rings. The molecule has 0 bridgehead atoms. The normalized spacial score (nSPS) is 9.96. The van der Waals surface area contributed by atoms with E-state index in [0.29, 0.717) is 5.69 Å². The number of para-hydroxylation sites is 1. The number of anilines is 2. The molecule has 3 N–H and O–H groups in total. The van der Waals surface area contributed by atoms with Gasteiger partial charge in [0.2, 0.25) is 0 Å². The minimum atomic E-state index is -1.12. The number of hydroxylamine groups is 1. The fraction of sp³-hybridized carbons (Fsp3) is 0. The lowest BCUT2D eigenvalue weighted by molar-refractivity contribution is -0.393. The molecular weight excluding hydrogens is 308 g/mol. The maximum Gasteiger partial charge on any atom is 0.300 e. The van der Waals surface area contributed by atoms with Crippen molar-refractivity contribution >= 4 is 28.7 Å². The molecule has 0 saturated carbocycles. The van der Waals surface area contributed by atoms with Crippen molar-refractivity contribution in [3.63, 3.8) is 0 Å². The summed E-state index contributed by atoms with van der Waals surface area (Å²) in [5.41, 5.74) is -0.265. The van der Waals surface area contributed by atoms with Gasteiger partial charge in [-0.3, -0.25) is 30.2 Å². The van der Waals surface area contributed by atoms with Crippen LogP contribution < -0.4 is 10.8 Å². The number of carbonyl (C=O) groups is 1. The number of amides is 1. The molecule has 23 heavy (non-hydrogen) atoms. The van der Waals surface area contributed by atoms with Gasteiger partial charge < -0.3 is 5.32 Å². The first-order valence-corrected chi connectivity index (χ1v) is 6.17. The molecule has 10 nitrogen and oxygen atoms in total. The Bertz CT molecular complexity index is 778. The molecule has 0 radical (unpaired) electrons. The summed E-state index contributed by atoms with van der Waals surface area (Å²) in [6.07, 6.45) is 0. The van der Waals surface area contributed by atoms with Crippen LogP contribution in [0.15, 0.2) is 42.5 Å². The summed E-state index contributed by atoms with van der Waals surface area (Å²) >= 11 is 0. The predicted octanol–water partition coefficient (Wildman–Crippen LogP) is 2.37. The van der Waals surface area contributed by atoms with Gasteiger partial charge in [0.1, 0.15) is 5.69 Å². The summed E-state index contributed by atoms with van der Waals surface area (Å²) in [6, 6.07) is 9.79. The Kier molecular flexibility index (Phi) is 4.47. The molecule has 2 aromatic carbocycles. The number of nitrogens with zero attached hydrogens (tertiary/aromatic N) is 2. The Labute approximate surface area is 128 Å². The van der Waals surface area contributed by atoms with E-state index in [0.717, 1.165) is 12.1 Å². The van der Waals surface area contributed by atoms with Crippen LogP contribution in [0.3, 0.4) is 0 Å². The number of carbonyl (C=O) groups excluding carboxylic acids is 1. The Morgan fingerprint density at radius 1 is 1.04 bits per heavy atom. The van der Waals surface area contributed by atoms with E-state index in [4.69, 9.17) is 5.21 Å². The molecule has 0 atom stereocenters. The molecular formula is C13H10N4O6. The maximum absolute atomic E-state index is 11.7. The molecule has 2 aromatic rings. The van der Waals surface area contributed by atoms with E-state index in [-0.39, 0.29) is 5.69 Å². The highest BCUT2D eigenvalue weighted by molar-refractivity contribution is 6.02. The number of nitro groups is 2. The molecule has 0 saturated heterocycles. The van der Waals surface area contributed by atoms with Crippen molar-refractivity contribution in [3.8, 4) is 0 Å². The largest absolute Gasteiger partial charge is 0.349 e. The van der Waals surface area contributed by atoms with E-state index >= 15 is 0 Å². The number of hydrogen-bond donors (Lipinski definition) is 3. The van der Waals surface area contributed by atoms with Crippen LogP contribution in [0.1, 0.15) is 10.4 Å². The summed E-state index contributed by atoms with van der Waals surface area (Å²) in [4.78, 5) is 32.1. The van der Waals surface area contributed by atoms with Crippen LogP contribution in [0, 0.1) is 20.2 Å². The van der Waals surface area contributed by atoms with E-state index in [1.54, 1.807) is 30.3 Å². The third-order valence-electron chi connectivity index (χ3n) is 2.90. The van der Waals surface area contributed by atoms with Crippen LogP contribution in [0.25, 0.3) is 0 Å². The molecule has 0 fully saturated rings. The molecule has 2 rings (SSSR count). The highest BCUT2D eigenvalue weighted by Crippen LogP contribution is 2.35. The van der Waals surface area contributed by atoms with Crippen molar-refractivity contribution in [1.29, 1.82) is 0 Å². The van der Waals surface area contributed by atoms with Gasteiger partial charge in [-0.15, -0.1) is 0 Å². The second-order valence-electron chi connectivity index (χ2n) is 4.33. The lowest BCUT2D eigenvalue weighted by atomic mass is 10.1. The smallest absolute Gasteiger partial charge is 0.300 e. The van der Waals surface area contributed by atoms with E-state index in [2.05, 4.69) is 5.32 Å². The molecule has 0 heterocycles. The van der Waals surface area contributed by atoms with Crippen LogP contribution >= 0.6 is 0 Å². The van der Waals surface area contributed by atoms with Crippen molar-refractivity contribution in [1.82, 2.24) is 5.48 Å². The van der Waals surface area contributed by atoms with Gasteiger partial charge >= 0.3 is 0 Å². The van der Waals surface area contributed by atoms with Crippen LogP contribution in [0.2, 0.25) is 0 Å². The molecule has 0 aliphatic carbocycles. The van der Waals surface area contributed by atoms with E-state index in [1.807, 2.05) is 0 Å². The molecule has 0 aliphatic heterocycles. The molecule has 0 aromatic heterocycles. The summed E-state index contributed by atoms with van der Waals surface area (Å²) < 4.78 is 0. The number of benzene rings is 2. The Morgan fingerprint density at radius 3 is 2.22 bits per heavy atom. The molecule has 0 spiro atoms. The fourth-order valence-electron chi connectivity index (χ4n) is 1.90. The van der Waals surface area contributed by atoms with Gasteiger partial charge in [0.05, 0.1) is 21.5 Å². The SMILES string of the molecule is O=C(NO)c1cc([N+](=O)[O-])cc([N+](=O)[O-])c1Nc1ccccc1. The first-order valence-electron chi connectivity index (χ1n) is 6.17. The lowest BCUT2D eigenvalue weighted by Gasteiger charge is -2.11. The molecule has 10 heteroatoms. The highest BCUT2D eigenvalue weighted by atomic mass is 16.6.